The molecule has 4 unspecified atom stereocenters. The van der Waals surface area contributed by atoms with E-state index in [2.05, 4.69) is 0 Å². The molecule has 0 saturated heterocycles. The standard InChI is InChI=1S/C20H24N2O4/c1-3-17(21(23)24)19(15-11-7-5-8-12-15)20(18(4-2)22(25)26)16-13-9-6-10-14-16/h5-14,17-20H,3-4H2,1-2H3. The van der Waals surface area contributed by atoms with Crippen LogP contribution >= 0.6 is 0 Å². The molecule has 6 nitrogen and oxygen atoms in total. The van der Waals surface area contributed by atoms with E-state index in [4.69, 9.17) is 0 Å². The summed E-state index contributed by atoms with van der Waals surface area (Å²) < 4.78 is 0. The molecule has 26 heavy (non-hydrogen) atoms. The highest BCUT2D eigenvalue weighted by Gasteiger charge is 2.45. The number of benzene rings is 2. The third-order valence-electron chi connectivity index (χ3n) is 4.96. The molecule has 0 aliphatic heterocycles. The zero-order chi connectivity index (χ0) is 19.1. The molecule has 0 fully saturated rings. The topological polar surface area (TPSA) is 86.3 Å². The lowest BCUT2D eigenvalue weighted by atomic mass is 9.72. The van der Waals surface area contributed by atoms with Crippen LogP contribution in [0.4, 0.5) is 0 Å². The van der Waals surface area contributed by atoms with Gasteiger partial charge in [0.25, 0.3) is 0 Å². The molecular weight excluding hydrogens is 332 g/mol. The minimum absolute atomic E-state index is 0.291. The summed E-state index contributed by atoms with van der Waals surface area (Å²) in [5.74, 6) is -1.15. The Morgan fingerprint density at radius 1 is 0.692 bits per heavy atom. The molecule has 2 aromatic carbocycles. The number of nitrogens with zero attached hydrogens (tertiary/aromatic N) is 2. The van der Waals surface area contributed by atoms with Gasteiger partial charge >= 0.3 is 0 Å². The molecule has 0 bridgehead atoms. The van der Waals surface area contributed by atoms with Gasteiger partial charge in [-0.2, -0.15) is 0 Å². The van der Waals surface area contributed by atoms with Crippen LogP contribution in [0.25, 0.3) is 0 Å². The Bertz CT molecular complexity index is 658. The Hall–Kier alpha value is -2.76. The highest BCUT2D eigenvalue weighted by molar-refractivity contribution is 5.31. The number of hydrogen-bond donors (Lipinski definition) is 0. The molecule has 2 rings (SSSR count). The average Bonchev–Trinajstić information content (AvgIpc) is 2.65. The van der Waals surface area contributed by atoms with E-state index in [0.717, 1.165) is 11.1 Å². The first-order chi connectivity index (χ1) is 12.5. The van der Waals surface area contributed by atoms with Gasteiger partial charge in [0.15, 0.2) is 0 Å². The molecule has 4 atom stereocenters. The van der Waals surface area contributed by atoms with Crippen molar-refractivity contribution in [3.05, 3.63) is 92.0 Å². The van der Waals surface area contributed by atoms with E-state index in [0.29, 0.717) is 12.8 Å². The molecular formula is C20H24N2O4. The van der Waals surface area contributed by atoms with E-state index in [1.807, 2.05) is 60.7 Å². The molecule has 0 aromatic heterocycles. The largest absolute Gasteiger partial charge is 0.264 e. The van der Waals surface area contributed by atoms with Gasteiger partial charge in [0, 0.05) is 22.7 Å². The highest BCUT2D eigenvalue weighted by atomic mass is 16.6. The van der Waals surface area contributed by atoms with Gasteiger partial charge < -0.3 is 0 Å². The summed E-state index contributed by atoms with van der Waals surface area (Å²) in [5.41, 5.74) is 1.54. The van der Waals surface area contributed by atoms with Crippen molar-refractivity contribution in [3.63, 3.8) is 0 Å². The normalized spacial score (nSPS) is 15.6. The lowest BCUT2D eigenvalue weighted by molar-refractivity contribution is -0.544. The van der Waals surface area contributed by atoms with E-state index in [9.17, 15) is 20.2 Å². The third-order valence-corrected chi connectivity index (χ3v) is 4.96. The van der Waals surface area contributed by atoms with Gasteiger partial charge in [-0.3, -0.25) is 20.2 Å². The Labute approximate surface area is 153 Å². The Morgan fingerprint density at radius 2 is 1.00 bits per heavy atom. The molecule has 0 aliphatic rings. The van der Waals surface area contributed by atoms with E-state index in [-0.39, 0.29) is 9.85 Å². The summed E-state index contributed by atoms with van der Waals surface area (Å²) in [6, 6.07) is 16.5. The van der Waals surface area contributed by atoms with Gasteiger partial charge in [-0.05, 0) is 11.1 Å². The zero-order valence-electron chi connectivity index (χ0n) is 15.0. The molecule has 2 aromatic rings. The summed E-state index contributed by atoms with van der Waals surface area (Å²) in [6.45, 7) is 3.52. The maximum Gasteiger partial charge on any atom is 0.220 e. The molecule has 6 heteroatoms. The van der Waals surface area contributed by atoms with E-state index < -0.39 is 23.9 Å². The number of hydrogen-bond acceptors (Lipinski definition) is 4. The second-order valence-corrected chi connectivity index (χ2v) is 6.39. The van der Waals surface area contributed by atoms with Crippen molar-refractivity contribution in [1.82, 2.24) is 0 Å². The predicted octanol–water partition coefficient (Wildman–Crippen LogP) is 4.66. The van der Waals surface area contributed by atoms with E-state index in [1.165, 1.54) is 0 Å². The van der Waals surface area contributed by atoms with Crippen LogP contribution in [0.1, 0.15) is 49.7 Å². The maximum atomic E-state index is 11.8. The molecule has 0 saturated carbocycles. The molecule has 0 radical (unpaired) electrons. The van der Waals surface area contributed by atoms with Crippen LogP contribution in [0.15, 0.2) is 60.7 Å². The Balaban J connectivity index is 2.68. The summed E-state index contributed by atoms with van der Waals surface area (Å²) in [5, 5.41) is 23.6. The zero-order valence-corrected chi connectivity index (χ0v) is 15.0. The third kappa shape index (κ3) is 4.25. The molecule has 0 heterocycles. The first-order valence-corrected chi connectivity index (χ1v) is 8.88. The second-order valence-electron chi connectivity index (χ2n) is 6.39. The van der Waals surface area contributed by atoms with Gasteiger partial charge in [0.1, 0.15) is 0 Å². The van der Waals surface area contributed by atoms with Crippen LogP contribution in [0.5, 0.6) is 0 Å². The fraction of sp³-hybridized carbons (Fsp3) is 0.400. The molecule has 0 aliphatic carbocycles. The predicted molar refractivity (Wildman–Crippen MR) is 101 cm³/mol. The second kappa shape index (κ2) is 9.08. The molecule has 0 spiro atoms. The van der Waals surface area contributed by atoms with Crippen molar-refractivity contribution in [2.45, 2.75) is 50.6 Å². The van der Waals surface area contributed by atoms with Crippen LogP contribution in [0, 0.1) is 20.2 Å². The van der Waals surface area contributed by atoms with Crippen LogP contribution in [-0.2, 0) is 0 Å². The smallest absolute Gasteiger partial charge is 0.220 e. The lowest BCUT2D eigenvalue weighted by Crippen LogP contribution is -2.39. The molecule has 138 valence electrons. The van der Waals surface area contributed by atoms with Gasteiger partial charge in [-0.25, -0.2) is 0 Å². The van der Waals surface area contributed by atoms with Crippen LogP contribution < -0.4 is 0 Å². The summed E-state index contributed by atoms with van der Waals surface area (Å²) in [4.78, 5) is 23.0. The summed E-state index contributed by atoms with van der Waals surface area (Å²) >= 11 is 0. The van der Waals surface area contributed by atoms with Crippen molar-refractivity contribution in [2.24, 2.45) is 0 Å². The van der Waals surface area contributed by atoms with Gasteiger partial charge in [-0.15, -0.1) is 0 Å². The first kappa shape index (κ1) is 19.6. The minimum Gasteiger partial charge on any atom is -0.264 e. The summed E-state index contributed by atoms with van der Waals surface area (Å²) in [6.07, 6.45) is 0.619. The van der Waals surface area contributed by atoms with Crippen molar-refractivity contribution in [1.29, 1.82) is 0 Å². The fourth-order valence-electron chi connectivity index (χ4n) is 3.76. The van der Waals surface area contributed by atoms with Gasteiger partial charge in [-0.1, -0.05) is 74.5 Å². The quantitative estimate of drug-likeness (QED) is 0.483. The number of rotatable bonds is 9. The molecule has 0 N–H and O–H groups in total. The van der Waals surface area contributed by atoms with E-state index >= 15 is 0 Å². The Morgan fingerprint density at radius 3 is 1.23 bits per heavy atom. The number of nitro groups is 2. The fourth-order valence-corrected chi connectivity index (χ4v) is 3.76. The monoisotopic (exact) mass is 356 g/mol. The van der Waals surface area contributed by atoms with Crippen molar-refractivity contribution < 1.29 is 9.85 Å². The first-order valence-electron chi connectivity index (χ1n) is 8.88. The van der Waals surface area contributed by atoms with Crippen molar-refractivity contribution in [2.75, 3.05) is 0 Å². The van der Waals surface area contributed by atoms with Gasteiger partial charge in [0.05, 0.1) is 11.8 Å². The van der Waals surface area contributed by atoms with Crippen LogP contribution in [0.2, 0.25) is 0 Å². The van der Waals surface area contributed by atoms with Crippen molar-refractivity contribution in [3.8, 4) is 0 Å². The van der Waals surface area contributed by atoms with E-state index in [1.54, 1.807) is 13.8 Å². The van der Waals surface area contributed by atoms with Crippen LogP contribution in [0.3, 0.4) is 0 Å². The van der Waals surface area contributed by atoms with Crippen molar-refractivity contribution >= 4 is 0 Å². The lowest BCUT2D eigenvalue weighted by Gasteiger charge is -2.31. The minimum atomic E-state index is -0.892. The highest BCUT2D eigenvalue weighted by Crippen LogP contribution is 2.41. The average molecular weight is 356 g/mol. The molecule has 0 amide bonds. The van der Waals surface area contributed by atoms with Gasteiger partial charge in [0.2, 0.25) is 12.1 Å². The van der Waals surface area contributed by atoms with Crippen LogP contribution in [-0.4, -0.2) is 21.9 Å². The Kier molecular flexibility index (Phi) is 6.83. The maximum absolute atomic E-state index is 11.8. The summed E-state index contributed by atoms with van der Waals surface area (Å²) in [7, 11) is 0. The SMILES string of the molecule is CCC(C(c1ccccc1)C(c1ccccc1)C(CC)[N+](=O)[O-])[N+](=O)[O-].